The van der Waals surface area contributed by atoms with Crippen LogP contribution in [0.25, 0.3) is 0 Å². The van der Waals surface area contributed by atoms with Gasteiger partial charge >= 0.3 is 0 Å². The fraction of sp³-hybridized carbons (Fsp3) is 0.417. The lowest BCUT2D eigenvalue weighted by molar-refractivity contribution is -0.136. The number of amides is 4. The van der Waals surface area contributed by atoms with Crippen LogP contribution in [-0.2, 0) is 22.7 Å². The number of carbonyl (C=O) groups excluding carboxylic acids is 4. The van der Waals surface area contributed by atoms with Gasteiger partial charge in [0.1, 0.15) is 23.7 Å². The van der Waals surface area contributed by atoms with Gasteiger partial charge in [-0.25, -0.2) is 4.39 Å². The molecule has 13 nitrogen and oxygen atoms in total. The van der Waals surface area contributed by atoms with E-state index in [1.807, 2.05) is 12.1 Å². The highest BCUT2D eigenvalue weighted by molar-refractivity contribution is 6.31. The summed E-state index contributed by atoms with van der Waals surface area (Å²) >= 11 is 6.12. The smallest absolute Gasteiger partial charge is 0.272 e. The summed E-state index contributed by atoms with van der Waals surface area (Å²) in [5.41, 5.74) is 1.93. The van der Waals surface area contributed by atoms with Crippen molar-refractivity contribution in [2.45, 2.75) is 69.8 Å². The lowest BCUT2D eigenvalue weighted by atomic mass is 9.93. The third-order valence-electron chi connectivity index (χ3n) is 9.99. The first-order chi connectivity index (χ1) is 24.6. The molecular formula is C36H36ClFN8O5. The van der Waals surface area contributed by atoms with Crippen LogP contribution in [0, 0.1) is 17.1 Å². The molecule has 4 aliphatic rings. The van der Waals surface area contributed by atoms with Crippen LogP contribution in [0.1, 0.15) is 76.1 Å². The number of halogens is 2. The molecular weight excluding hydrogens is 679 g/mol. The van der Waals surface area contributed by atoms with Crippen LogP contribution in [0.2, 0.25) is 5.02 Å². The summed E-state index contributed by atoms with van der Waals surface area (Å²) in [6, 6.07) is 13.0. The maximum Gasteiger partial charge on any atom is 0.272 e. The van der Waals surface area contributed by atoms with Crippen LogP contribution in [0.5, 0.6) is 5.75 Å². The van der Waals surface area contributed by atoms with E-state index in [9.17, 15) is 19.2 Å². The van der Waals surface area contributed by atoms with E-state index in [4.69, 9.17) is 21.6 Å². The van der Waals surface area contributed by atoms with Crippen molar-refractivity contribution in [2.75, 3.05) is 31.1 Å². The number of ether oxygens (including phenoxy) is 1. The Balaban J connectivity index is 0.867. The SMILES string of the molecule is N#Cc1ccc(O[C@H]2CC[C@H](NC(=O)c3ccc(N4CCN(Cc5cc(F)c6c(c5)CN(C5CCC(=O)NC5=O)C6=O)CC4)nn3)CC2)cc1Cl. The molecule has 1 aromatic heterocycles. The molecule has 3 aromatic rings. The number of benzene rings is 2. The molecule has 4 heterocycles. The minimum Gasteiger partial charge on any atom is -0.490 e. The van der Waals surface area contributed by atoms with Gasteiger partial charge in [-0.1, -0.05) is 17.7 Å². The zero-order valence-electron chi connectivity index (χ0n) is 27.7. The average Bonchev–Trinajstić information content (AvgIpc) is 3.45. The number of carbonyl (C=O) groups is 4. The highest BCUT2D eigenvalue weighted by atomic mass is 35.5. The van der Waals surface area contributed by atoms with E-state index in [-0.39, 0.29) is 54.6 Å². The highest BCUT2D eigenvalue weighted by Crippen LogP contribution is 2.31. The molecule has 0 bridgehead atoms. The Bertz CT molecular complexity index is 1900. The Morgan fingerprint density at radius 1 is 1.02 bits per heavy atom. The maximum atomic E-state index is 15.2. The molecule has 1 atom stereocenters. The van der Waals surface area contributed by atoms with Crippen LogP contribution in [-0.4, -0.2) is 88.0 Å². The number of piperazine rings is 1. The van der Waals surface area contributed by atoms with Crippen LogP contribution >= 0.6 is 11.6 Å². The van der Waals surface area contributed by atoms with Crippen LogP contribution in [0.15, 0.2) is 42.5 Å². The molecule has 2 aromatic carbocycles. The maximum absolute atomic E-state index is 15.2. The van der Waals surface area contributed by atoms with E-state index in [2.05, 4.69) is 30.6 Å². The number of nitriles is 1. The molecule has 1 unspecified atom stereocenters. The molecule has 51 heavy (non-hydrogen) atoms. The average molecular weight is 715 g/mol. The molecule has 0 radical (unpaired) electrons. The van der Waals surface area contributed by atoms with Crippen LogP contribution in [0.4, 0.5) is 10.2 Å². The summed E-state index contributed by atoms with van der Waals surface area (Å²) in [6.45, 7) is 3.32. The van der Waals surface area contributed by atoms with Gasteiger partial charge in [0.15, 0.2) is 11.5 Å². The number of nitrogens with one attached hydrogen (secondary N) is 2. The van der Waals surface area contributed by atoms with Crippen molar-refractivity contribution in [2.24, 2.45) is 0 Å². The largest absolute Gasteiger partial charge is 0.490 e. The summed E-state index contributed by atoms with van der Waals surface area (Å²) in [4.78, 5) is 55.5. The number of piperidine rings is 1. The minimum atomic E-state index is -0.792. The summed E-state index contributed by atoms with van der Waals surface area (Å²) in [6.07, 6.45) is 3.41. The van der Waals surface area contributed by atoms with Gasteiger partial charge in [0.25, 0.3) is 11.8 Å². The standard InChI is InChI=1S/C36H36ClFN8O5/c37-27-17-26(4-1-22(27)18-39)51-25-5-2-24(3-6-25)40-34(48)29-7-9-31(43-42-29)45-13-11-44(12-14-45)19-21-15-23-20-46(36(50)33(23)28(38)16-21)30-8-10-32(47)41-35(30)49/h1,4,7,9,15-17,24-25,30H,2-3,5-6,8,10-14,19-20H2,(H,40,48)(H,41,47,49)/t24-,25-,30?. The number of rotatable bonds is 8. The first-order valence-corrected chi connectivity index (χ1v) is 17.5. The van der Waals surface area contributed by atoms with Crippen molar-refractivity contribution in [3.8, 4) is 11.8 Å². The lowest BCUT2D eigenvalue weighted by Crippen LogP contribution is -2.52. The van der Waals surface area contributed by atoms with Gasteiger partial charge in [-0.15, -0.1) is 10.2 Å². The molecule has 1 aliphatic carbocycles. The van der Waals surface area contributed by atoms with Gasteiger partial charge in [-0.05, 0) is 73.6 Å². The summed E-state index contributed by atoms with van der Waals surface area (Å²) in [5, 5.41) is 23.3. The van der Waals surface area contributed by atoms with Crippen molar-refractivity contribution >= 4 is 41.0 Å². The third kappa shape index (κ3) is 7.50. The molecule has 4 amide bonds. The van der Waals surface area contributed by atoms with Crippen LogP contribution < -0.4 is 20.3 Å². The van der Waals surface area contributed by atoms with E-state index >= 15 is 4.39 Å². The normalized spacial score (nSPS) is 22.3. The Labute approximate surface area is 298 Å². The molecule has 1 saturated carbocycles. The zero-order chi connectivity index (χ0) is 35.6. The number of nitrogens with zero attached hydrogens (tertiary/aromatic N) is 6. The molecule has 264 valence electrons. The topological polar surface area (TPSA) is 161 Å². The van der Waals surface area contributed by atoms with E-state index in [0.717, 1.165) is 31.2 Å². The van der Waals surface area contributed by atoms with Gasteiger partial charge in [-0.3, -0.25) is 29.4 Å². The first kappa shape index (κ1) is 34.3. The molecule has 3 fully saturated rings. The van der Waals surface area contributed by atoms with Gasteiger partial charge in [0.2, 0.25) is 11.8 Å². The number of fused-ring (bicyclic) bond motifs is 1. The van der Waals surface area contributed by atoms with Crippen molar-refractivity contribution in [1.82, 2.24) is 30.6 Å². The number of hydrogen-bond acceptors (Lipinski definition) is 10. The van der Waals surface area contributed by atoms with Crippen molar-refractivity contribution in [1.29, 1.82) is 5.26 Å². The summed E-state index contributed by atoms with van der Waals surface area (Å²) < 4.78 is 21.2. The van der Waals surface area contributed by atoms with E-state index < -0.39 is 23.7 Å². The number of anilines is 1. The second-order valence-corrected chi connectivity index (χ2v) is 13.8. The van der Waals surface area contributed by atoms with E-state index in [1.54, 1.807) is 30.3 Å². The number of aromatic nitrogens is 2. The Morgan fingerprint density at radius 2 is 1.80 bits per heavy atom. The lowest BCUT2D eigenvalue weighted by Gasteiger charge is -2.35. The van der Waals surface area contributed by atoms with Crippen molar-refractivity contribution in [3.05, 3.63) is 81.3 Å². The molecule has 3 aliphatic heterocycles. The quantitative estimate of drug-likeness (QED) is 0.331. The molecule has 2 saturated heterocycles. The second-order valence-electron chi connectivity index (χ2n) is 13.4. The van der Waals surface area contributed by atoms with Gasteiger partial charge in [0.05, 0.1) is 22.3 Å². The number of imide groups is 1. The minimum absolute atomic E-state index is 0.000218. The highest BCUT2D eigenvalue weighted by Gasteiger charge is 2.40. The predicted molar refractivity (Wildman–Crippen MR) is 182 cm³/mol. The Kier molecular flexibility index (Phi) is 9.84. The molecule has 2 N–H and O–H groups in total. The summed E-state index contributed by atoms with van der Waals surface area (Å²) in [7, 11) is 0. The zero-order valence-corrected chi connectivity index (χ0v) is 28.5. The molecule has 0 spiro atoms. The first-order valence-electron chi connectivity index (χ1n) is 17.1. The van der Waals surface area contributed by atoms with Crippen LogP contribution in [0.3, 0.4) is 0 Å². The van der Waals surface area contributed by atoms with Gasteiger partial charge < -0.3 is 19.9 Å². The van der Waals surface area contributed by atoms with Crippen molar-refractivity contribution in [3.63, 3.8) is 0 Å². The van der Waals surface area contributed by atoms with E-state index in [0.29, 0.717) is 60.4 Å². The molecule has 7 rings (SSSR count). The fourth-order valence-corrected chi connectivity index (χ4v) is 7.47. The second kappa shape index (κ2) is 14.6. The number of hydrogen-bond donors (Lipinski definition) is 2. The van der Waals surface area contributed by atoms with E-state index in [1.165, 1.54) is 11.0 Å². The Hall–Kier alpha value is -5.13. The van der Waals surface area contributed by atoms with Gasteiger partial charge in [-0.2, -0.15) is 5.26 Å². The van der Waals surface area contributed by atoms with Gasteiger partial charge in [0, 0.05) is 57.8 Å². The molecule has 15 heteroatoms. The fourth-order valence-electron chi connectivity index (χ4n) is 7.26. The predicted octanol–water partition coefficient (Wildman–Crippen LogP) is 3.34. The third-order valence-corrected chi connectivity index (χ3v) is 10.3. The van der Waals surface area contributed by atoms with Crippen molar-refractivity contribution < 1.29 is 28.3 Å². The summed E-state index contributed by atoms with van der Waals surface area (Å²) in [5.74, 6) is -1.00. The monoisotopic (exact) mass is 714 g/mol. The Morgan fingerprint density at radius 3 is 2.49 bits per heavy atom.